The van der Waals surface area contributed by atoms with E-state index in [1.165, 1.54) is 6.92 Å². The molecule has 2 aromatic carbocycles. The molecule has 1 aliphatic heterocycles. The maximum absolute atomic E-state index is 11.7. The fourth-order valence-corrected chi connectivity index (χ4v) is 3.53. The number of azide groups is 1. The number of esters is 2. The summed E-state index contributed by atoms with van der Waals surface area (Å²) in [6.45, 7) is 1.97. The molecule has 1 aliphatic rings. The Hall–Kier alpha value is -3.17. The van der Waals surface area contributed by atoms with Crippen LogP contribution < -0.4 is 0 Å². The first-order valence-corrected chi connectivity index (χ1v) is 9.67. The van der Waals surface area contributed by atoms with E-state index in [0.29, 0.717) is 0 Å². The zero-order valence-electron chi connectivity index (χ0n) is 17.1. The molecule has 10 nitrogen and oxygen atoms in total. The van der Waals surface area contributed by atoms with Crippen LogP contribution in [-0.4, -0.2) is 54.3 Å². The first-order valence-electron chi connectivity index (χ1n) is 9.67. The minimum atomic E-state index is -1.34. The Labute approximate surface area is 178 Å². The zero-order valence-corrected chi connectivity index (χ0v) is 17.1. The number of ether oxygens (including phenoxy) is 4. The summed E-state index contributed by atoms with van der Waals surface area (Å²) in [5, 5.41) is 15.5. The molecule has 1 heterocycles. The van der Waals surface area contributed by atoms with Crippen LogP contribution in [0.4, 0.5) is 0 Å². The number of aliphatic hydroxyl groups is 1. The second-order valence-corrected chi connectivity index (χ2v) is 7.06. The van der Waals surface area contributed by atoms with Gasteiger partial charge in [0, 0.05) is 18.8 Å². The van der Waals surface area contributed by atoms with Crippen LogP contribution in [0.1, 0.15) is 19.4 Å². The maximum atomic E-state index is 11.7. The topological polar surface area (TPSA) is 140 Å². The number of aliphatic hydroxyl groups excluding tert-OH is 1. The third-order valence-corrected chi connectivity index (χ3v) is 4.82. The molecule has 0 amide bonds. The lowest BCUT2D eigenvalue weighted by Crippen LogP contribution is -2.60. The van der Waals surface area contributed by atoms with E-state index in [9.17, 15) is 14.7 Å². The van der Waals surface area contributed by atoms with Gasteiger partial charge in [0.2, 0.25) is 6.29 Å². The largest absolute Gasteiger partial charge is 0.459 e. The summed E-state index contributed by atoms with van der Waals surface area (Å²) in [7, 11) is 0. The van der Waals surface area contributed by atoms with E-state index in [1.54, 1.807) is 0 Å². The summed E-state index contributed by atoms with van der Waals surface area (Å²) in [6.07, 6.45) is -4.43. The van der Waals surface area contributed by atoms with Crippen LogP contribution in [0.25, 0.3) is 21.2 Å². The SMILES string of the molecule is CC(=O)OC1O[C@H](CO)[C@@H](OCc2ccc3ccccc3c2)[C@@H](OC(C)=O)[C@H]1N=[N+]=[N-]. The number of hydrogen-bond donors (Lipinski definition) is 1. The van der Waals surface area contributed by atoms with Crippen LogP contribution in [0.15, 0.2) is 47.6 Å². The highest BCUT2D eigenvalue weighted by atomic mass is 16.7. The Balaban J connectivity index is 1.87. The van der Waals surface area contributed by atoms with Crippen molar-refractivity contribution in [1.82, 2.24) is 0 Å². The molecule has 1 saturated heterocycles. The Morgan fingerprint density at radius 3 is 2.45 bits per heavy atom. The second kappa shape index (κ2) is 10.2. The standard InChI is InChI=1S/C21H23N3O7/c1-12(26)29-20-18(23-24-22)21(30-13(2)27)31-17(10-25)19(20)28-11-14-7-8-15-5-3-4-6-16(15)9-14/h3-9,17-21,25H,10-11H2,1-2H3/t17-,18-,19-,20+,21?/m1/s1. The third-order valence-electron chi connectivity index (χ3n) is 4.82. The van der Waals surface area contributed by atoms with Crippen LogP contribution in [0.2, 0.25) is 0 Å². The Bertz CT molecular complexity index is 992. The van der Waals surface area contributed by atoms with Crippen molar-refractivity contribution >= 4 is 22.7 Å². The summed E-state index contributed by atoms with van der Waals surface area (Å²) in [5.41, 5.74) is 9.82. The van der Waals surface area contributed by atoms with Crippen LogP contribution in [0.5, 0.6) is 0 Å². The average Bonchev–Trinajstić information content (AvgIpc) is 2.74. The predicted molar refractivity (Wildman–Crippen MR) is 109 cm³/mol. The van der Waals surface area contributed by atoms with Gasteiger partial charge in [-0.1, -0.05) is 41.5 Å². The molecular formula is C21H23N3O7. The van der Waals surface area contributed by atoms with Gasteiger partial charge in [-0.3, -0.25) is 9.59 Å². The molecule has 5 atom stereocenters. The highest BCUT2D eigenvalue weighted by Crippen LogP contribution is 2.30. The molecule has 1 unspecified atom stereocenters. The van der Waals surface area contributed by atoms with E-state index in [2.05, 4.69) is 10.0 Å². The van der Waals surface area contributed by atoms with Gasteiger partial charge in [0.25, 0.3) is 0 Å². The van der Waals surface area contributed by atoms with E-state index in [0.717, 1.165) is 23.3 Å². The van der Waals surface area contributed by atoms with Gasteiger partial charge in [0.05, 0.1) is 13.2 Å². The van der Waals surface area contributed by atoms with Crippen LogP contribution in [0, 0.1) is 0 Å². The summed E-state index contributed by atoms with van der Waals surface area (Å²) in [6, 6.07) is 12.5. The second-order valence-electron chi connectivity index (χ2n) is 7.06. The van der Waals surface area contributed by atoms with Gasteiger partial charge in [-0.15, -0.1) is 0 Å². The van der Waals surface area contributed by atoms with Gasteiger partial charge in [-0.05, 0) is 27.9 Å². The molecule has 2 aromatic rings. The van der Waals surface area contributed by atoms with Crippen molar-refractivity contribution in [3.8, 4) is 0 Å². The number of hydrogen-bond acceptors (Lipinski definition) is 8. The van der Waals surface area contributed by atoms with Gasteiger partial charge in [0.1, 0.15) is 24.4 Å². The molecule has 10 heteroatoms. The fourth-order valence-electron chi connectivity index (χ4n) is 3.53. The van der Waals surface area contributed by atoms with Crippen LogP contribution >= 0.6 is 0 Å². The Morgan fingerprint density at radius 1 is 1.10 bits per heavy atom. The molecule has 0 aromatic heterocycles. The van der Waals surface area contributed by atoms with Gasteiger partial charge >= 0.3 is 11.9 Å². The van der Waals surface area contributed by atoms with Gasteiger partial charge in [-0.2, -0.15) is 0 Å². The Kier molecular flexibility index (Phi) is 7.43. The van der Waals surface area contributed by atoms with Crippen molar-refractivity contribution in [2.45, 2.75) is 51.1 Å². The minimum Gasteiger partial charge on any atom is -0.459 e. The summed E-state index contributed by atoms with van der Waals surface area (Å²) >= 11 is 0. The predicted octanol–water partition coefficient (Wildman–Crippen LogP) is 2.62. The number of nitrogens with zero attached hydrogens (tertiary/aromatic N) is 3. The van der Waals surface area contributed by atoms with Gasteiger partial charge in [0.15, 0.2) is 0 Å². The van der Waals surface area contributed by atoms with E-state index < -0.39 is 49.2 Å². The highest BCUT2D eigenvalue weighted by Gasteiger charge is 2.49. The normalized spacial score (nSPS) is 25.5. The lowest BCUT2D eigenvalue weighted by Gasteiger charge is -2.43. The molecule has 164 valence electrons. The molecule has 0 bridgehead atoms. The minimum absolute atomic E-state index is 0.119. The van der Waals surface area contributed by atoms with Gasteiger partial charge < -0.3 is 24.1 Å². The fraction of sp³-hybridized carbons (Fsp3) is 0.429. The monoisotopic (exact) mass is 429 g/mol. The lowest BCUT2D eigenvalue weighted by molar-refractivity contribution is -0.271. The molecule has 0 radical (unpaired) electrons. The van der Waals surface area contributed by atoms with E-state index in [1.807, 2.05) is 42.5 Å². The summed E-state index contributed by atoms with van der Waals surface area (Å²) in [4.78, 5) is 25.9. The molecule has 0 spiro atoms. The third kappa shape index (κ3) is 5.50. The van der Waals surface area contributed by atoms with Crippen LogP contribution in [-0.2, 0) is 35.1 Å². The van der Waals surface area contributed by atoms with Crippen molar-refractivity contribution in [2.75, 3.05) is 6.61 Å². The van der Waals surface area contributed by atoms with Crippen molar-refractivity contribution in [3.63, 3.8) is 0 Å². The van der Waals surface area contributed by atoms with Crippen molar-refractivity contribution in [3.05, 3.63) is 58.5 Å². The number of carbonyl (C=O) groups excluding carboxylic acids is 2. The number of carbonyl (C=O) groups is 2. The summed E-state index contributed by atoms with van der Waals surface area (Å²) < 4.78 is 22.0. The first kappa shape index (κ1) is 22.5. The highest BCUT2D eigenvalue weighted by molar-refractivity contribution is 5.82. The summed E-state index contributed by atoms with van der Waals surface area (Å²) in [5.74, 6) is -1.33. The molecule has 1 N–H and O–H groups in total. The number of rotatable bonds is 7. The molecule has 3 rings (SSSR count). The van der Waals surface area contributed by atoms with E-state index in [-0.39, 0.29) is 6.61 Å². The molecule has 1 fully saturated rings. The van der Waals surface area contributed by atoms with Crippen molar-refractivity contribution in [2.24, 2.45) is 5.11 Å². The number of benzene rings is 2. The molecule has 0 aliphatic carbocycles. The van der Waals surface area contributed by atoms with Gasteiger partial charge in [-0.25, -0.2) is 0 Å². The quantitative estimate of drug-likeness (QED) is 0.309. The molecule has 0 saturated carbocycles. The average molecular weight is 429 g/mol. The smallest absolute Gasteiger partial charge is 0.304 e. The first-order chi connectivity index (χ1) is 14.9. The van der Waals surface area contributed by atoms with E-state index >= 15 is 0 Å². The van der Waals surface area contributed by atoms with E-state index in [4.69, 9.17) is 24.5 Å². The molecular weight excluding hydrogens is 406 g/mol. The van der Waals surface area contributed by atoms with Crippen molar-refractivity contribution < 1.29 is 33.6 Å². The lowest BCUT2D eigenvalue weighted by atomic mass is 9.96. The van der Waals surface area contributed by atoms with Crippen molar-refractivity contribution in [1.29, 1.82) is 0 Å². The Morgan fingerprint density at radius 2 is 1.81 bits per heavy atom. The van der Waals surface area contributed by atoms with Crippen LogP contribution in [0.3, 0.4) is 0 Å². The molecule has 31 heavy (non-hydrogen) atoms. The number of fused-ring (bicyclic) bond motifs is 1. The zero-order chi connectivity index (χ0) is 22.4. The maximum Gasteiger partial charge on any atom is 0.304 e.